The summed E-state index contributed by atoms with van der Waals surface area (Å²) in [6, 6.07) is 2.49. The van der Waals surface area contributed by atoms with Crippen molar-refractivity contribution in [1.82, 2.24) is 4.98 Å². The van der Waals surface area contributed by atoms with E-state index in [9.17, 15) is 13.2 Å². The smallest absolute Gasteiger partial charge is 0.367 e. The van der Waals surface area contributed by atoms with E-state index in [2.05, 4.69) is 17.2 Å². The summed E-state index contributed by atoms with van der Waals surface area (Å²) in [5, 5.41) is 2.85. The maximum Gasteiger partial charge on any atom is 0.419 e. The Kier molecular flexibility index (Phi) is 2.78. The van der Waals surface area contributed by atoms with Crippen LogP contribution in [0.5, 0.6) is 0 Å². The number of pyridine rings is 1. The van der Waals surface area contributed by atoms with E-state index >= 15 is 0 Å². The van der Waals surface area contributed by atoms with Gasteiger partial charge in [0.2, 0.25) is 0 Å². The van der Waals surface area contributed by atoms with Crippen molar-refractivity contribution in [2.45, 2.75) is 32.0 Å². The van der Waals surface area contributed by atoms with Gasteiger partial charge >= 0.3 is 6.18 Å². The molecule has 88 valence electrons. The molecule has 1 heterocycles. The molecule has 1 N–H and O–H groups in total. The molecule has 0 amide bonds. The third-order valence-corrected chi connectivity index (χ3v) is 2.83. The summed E-state index contributed by atoms with van der Waals surface area (Å²) in [6.07, 6.45) is -1.15. The zero-order valence-electron chi connectivity index (χ0n) is 8.88. The molecule has 1 aromatic heterocycles. The molecule has 1 aliphatic rings. The number of anilines is 1. The Balaban J connectivity index is 2.14. The van der Waals surface area contributed by atoms with Crippen molar-refractivity contribution in [2.24, 2.45) is 5.92 Å². The van der Waals surface area contributed by atoms with Gasteiger partial charge in [-0.3, -0.25) is 0 Å². The van der Waals surface area contributed by atoms with Gasteiger partial charge in [0.1, 0.15) is 5.82 Å². The van der Waals surface area contributed by atoms with Crippen molar-refractivity contribution in [3.8, 4) is 0 Å². The van der Waals surface area contributed by atoms with Gasteiger partial charge in [-0.25, -0.2) is 4.98 Å². The zero-order chi connectivity index (χ0) is 11.8. The first-order valence-electron chi connectivity index (χ1n) is 5.25. The van der Waals surface area contributed by atoms with E-state index in [1.54, 1.807) is 0 Å². The number of rotatable bonds is 2. The highest BCUT2D eigenvalue weighted by atomic mass is 19.4. The summed E-state index contributed by atoms with van der Waals surface area (Å²) in [6.45, 7) is 2.08. The predicted octanol–water partition coefficient (Wildman–Crippen LogP) is 3.31. The monoisotopic (exact) mass is 230 g/mol. The van der Waals surface area contributed by atoms with Crippen LogP contribution in [0, 0.1) is 5.92 Å². The van der Waals surface area contributed by atoms with E-state index in [0.29, 0.717) is 5.92 Å². The van der Waals surface area contributed by atoms with Crippen LogP contribution in [0.4, 0.5) is 19.0 Å². The number of nitrogens with zero attached hydrogens (tertiary/aromatic N) is 1. The average Bonchev–Trinajstić information content (AvgIpc) is 2.14. The van der Waals surface area contributed by atoms with Gasteiger partial charge < -0.3 is 5.32 Å². The summed E-state index contributed by atoms with van der Waals surface area (Å²) in [5.74, 6) is 0.544. The summed E-state index contributed by atoms with van der Waals surface area (Å²) < 4.78 is 37.9. The minimum absolute atomic E-state index is 0.0492. The fourth-order valence-corrected chi connectivity index (χ4v) is 1.96. The normalized spacial score (nSPS) is 25.0. The quantitative estimate of drug-likeness (QED) is 0.843. The second kappa shape index (κ2) is 3.96. The molecule has 1 aromatic rings. The molecule has 0 atom stereocenters. The molecule has 0 unspecified atom stereocenters. The lowest BCUT2D eigenvalue weighted by Gasteiger charge is -2.34. The summed E-state index contributed by atoms with van der Waals surface area (Å²) >= 11 is 0. The third kappa shape index (κ3) is 2.28. The van der Waals surface area contributed by atoms with Crippen molar-refractivity contribution in [3.63, 3.8) is 0 Å². The Morgan fingerprint density at radius 3 is 2.62 bits per heavy atom. The van der Waals surface area contributed by atoms with Crippen LogP contribution in [0.25, 0.3) is 0 Å². The largest absolute Gasteiger partial charge is 0.419 e. The molecule has 2 rings (SSSR count). The van der Waals surface area contributed by atoms with Gasteiger partial charge in [-0.1, -0.05) is 6.92 Å². The predicted molar refractivity (Wildman–Crippen MR) is 55.0 cm³/mol. The van der Waals surface area contributed by atoms with Crippen LogP contribution in [0.1, 0.15) is 25.3 Å². The zero-order valence-corrected chi connectivity index (χ0v) is 8.88. The number of nitrogens with one attached hydrogen (secondary N) is 1. The van der Waals surface area contributed by atoms with Crippen LogP contribution in [0.3, 0.4) is 0 Å². The number of aromatic nitrogens is 1. The van der Waals surface area contributed by atoms with Crippen molar-refractivity contribution in [2.75, 3.05) is 5.32 Å². The van der Waals surface area contributed by atoms with Crippen molar-refractivity contribution >= 4 is 5.82 Å². The Bertz CT molecular complexity index is 370. The number of alkyl halides is 3. The second-order valence-corrected chi connectivity index (χ2v) is 4.32. The van der Waals surface area contributed by atoms with E-state index in [1.807, 2.05) is 0 Å². The summed E-state index contributed by atoms with van der Waals surface area (Å²) in [7, 11) is 0. The van der Waals surface area contributed by atoms with Gasteiger partial charge in [0.15, 0.2) is 0 Å². The molecule has 0 bridgehead atoms. The van der Waals surface area contributed by atoms with Gasteiger partial charge in [-0.15, -0.1) is 0 Å². The van der Waals surface area contributed by atoms with E-state index in [-0.39, 0.29) is 11.9 Å². The molecule has 0 aromatic carbocycles. The van der Waals surface area contributed by atoms with E-state index in [0.717, 1.165) is 18.9 Å². The van der Waals surface area contributed by atoms with Gasteiger partial charge in [-0.2, -0.15) is 13.2 Å². The van der Waals surface area contributed by atoms with E-state index in [4.69, 9.17) is 0 Å². The van der Waals surface area contributed by atoms with Crippen LogP contribution >= 0.6 is 0 Å². The number of halogens is 3. The van der Waals surface area contributed by atoms with Crippen LogP contribution in [0.2, 0.25) is 0 Å². The van der Waals surface area contributed by atoms with Gasteiger partial charge in [0, 0.05) is 12.2 Å². The topological polar surface area (TPSA) is 24.9 Å². The van der Waals surface area contributed by atoms with Crippen LogP contribution in [0.15, 0.2) is 18.3 Å². The van der Waals surface area contributed by atoms with E-state index in [1.165, 1.54) is 12.3 Å². The van der Waals surface area contributed by atoms with Crippen LogP contribution < -0.4 is 5.32 Å². The Labute approximate surface area is 91.9 Å². The number of hydrogen-bond donors (Lipinski definition) is 1. The fraction of sp³-hybridized carbons (Fsp3) is 0.545. The standard InChI is InChI=1S/C11H13F3N2/c1-7-5-8(6-7)16-10-9(11(12,13)14)3-2-4-15-10/h2-4,7-8H,5-6H2,1H3,(H,15,16). The highest BCUT2D eigenvalue weighted by Gasteiger charge is 2.35. The van der Waals surface area contributed by atoms with Gasteiger partial charge in [-0.05, 0) is 30.9 Å². The molecule has 1 saturated carbocycles. The Morgan fingerprint density at radius 1 is 1.38 bits per heavy atom. The second-order valence-electron chi connectivity index (χ2n) is 4.32. The van der Waals surface area contributed by atoms with Gasteiger partial charge in [0.25, 0.3) is 0 Å². The highest BCUT2D eigenvalue weighted by molar-refractivity contribution is 5.46. The van der Waals surface area contributed by atoms with Crippen LogP contribution in [-0.2, 0) is 6.18 Å². The molecular weight excluding hydrogens is 217 g/mol. The molecular formula is C11H13F3N2. The Hall–Kier alpha value is -1.26. The molecule has 16 heavy (non-hydrogen) atoms. The lowest BCUT2D eigenvalue weighted by Crippen LogP contribution is -2.34. The first kappa shape index (κ1) is 11.2. The maximum atomic E-state index is 12.6. The van der Waals surface area contributed by atoms with Gasteiger partial charge in [0.05, 0.1) is 5.56 Å². The van der Waals surface area contributed by atoms with E-state index < -0.39 is 11.7 Å². The lowest BCUT2D eigenvalue weighted by atomic mass is 9.82. The molecule has 1 fully saturated rings. The summed E-state index contributed by atoms with van der Waals surface area (Å²) in [5.41, 5.74) is -0.686. The first-order chi connectivity index (χ1) is 7.47. The SMILES string of the molecule is CC1CC(Nc2ncccc2C(F)(F)F)C1. The first-order valence-corrected chi connectivity index (χ1v) is 5.25. The molecule has 0 aliphatic heterocycles. The average molecular weight is 230 g/mol. The Morgan fingerprint density at radius 2 is 2.06 bits per heavy atom. The molecule has 2 nitrogen and oxygen atoms in total. The molecule has 1 aliphatic carbocycles. The fourth-order valence-electron chi connectivity index (χ4n) is 1.96. The molecule has 0 saturated heterocycles. The minimum atomic E-state index is -4.34. The highest BCUT2D eigenvalue weighted by Crippen LogP contribution is 2.36. The van der Waals surface area contributed by atoms with Crippen LogP contribution in [-0.4, -0.2) is 11.0 Å². The maximum absolute atomic E-state index is 12.6. The number of hydrogen-bond acceptors (Lipinski definition) is 2. The third-order valence-electron chi connectivity index (χ3n) is 2.83. The molecule has 5 heteroatoms. The molecule has 0 spiro atoms. The lowest BCUT2D eigenvalue weighted by molar-refractivity contribution is -0.137. The van der Waals surface area contributed by atoms with Crippen molar-refractivity contribution in [1.29, 1.82) is 0 Å². The molecule has 0 radical (unpaired) electrons. The van der Waals surface area contributed by atoms with Crippen molar-refractivity contribution in [3.05, 3.63) is 23.9 Å². The summed E-state index contributed by atoms with van der Waals surface area (Å²) in [4.78, 5) is 3.76. The minimum Gasteiger partial charge on any atom is -0.367 e. The van der Waals surface area contributed by atoms with Crippen molar-refractivity contribution < 1.29 is 13.2 Å².